The van der Waals surface area contributed by atoms with Crippen molar-refractivity contribution >= 4 is 34.3 Å². The second-order valence-electron chi connectivity index (χ2n) is 6.60. The normalized spacial score (nSPS) is 12.0. The monoisotopic (exact) mass is 397 g/mol. The average Bonchev–Trinajstić information content (AvgIpc) is 3.09. The highest BCUT2D eigenvalue weighted by Crippen LogP contribution is 2.23. The van der Waals surface area contributed by atoms with Gasteiger partial charge in [-0.2, -0.15) is 0 Å². The van der Waals surface area contributed by atoms with E-state index in [4.69, 9.17) is 11.6 Å². The van der Waals surface area contributed by atoms with Crippen LogP contribution in [0.15, 0.2) is 54.7 Å². The van der Waals surface area contributed by atoms with Crippen LogP contribution in [0.1, 0.15) is 31.0 Å². The fourth-order valence-electron chi connectivity index (χ4n) is 3.33. The number of fused-ring (bicyclic) bond motifs is 1. The molecule has 0 saturated heterocycles. The Morgan fingerprint density at radius 2 is 1.82 bits per heavy atom. The Morgan fingerprint density at radius 3 is 2.50 bits per heavy atom. The number of carbonyl (C=O) groups is 2. The van der Waals surface area contributed by atoms with E-state index < -0.39 is 6.04 Å². The highest BCUT2D eigenvalue weighted by Gasteiger charge is 2.26. The van der Waals surface area contributed by atoms with Gasteiger partial charge in [-0.05, 0) is 43.2 Å². The third kappa shape index (κ3) is 4.37. The zero-order chi connectivity index (χ0) is 20.1. The lowest BCUT2D eigenvalue weighted by Gasteiger charge is -2.26. The number of aromatic amines is 1. The molecule has 0 saturated carbocycles. The van der Waals surface area contributed by atoms with Gasteiger partial charge in [0, 0.05) is 35.2 Å². The Bertz CT molecular complexity index is 964. The number of likely N-dealkylation sites (N-methyl/N-ethyl adjacent to an activating group) is 1. The van der Waals surface area contributed by atoms with E-state index in [1.165, 1.54) is 0 Å². The molecule has 3 aromatic rings. The Kier molecular flexibility index (Phi) is 6.37. The van der Waals surface area contributed by atoms with Crippen molar-refractivity contribution in [3.05, 3.63) is 70.9 Å². The Labute approximate surface area is 169 Å². The first-order chi connectivity index (χ1) is 13.5. The molecule has 0 bridgehead atoms. The number of amides is 2. The summed E-state index contributed by atoms with van der Waals surface area (Å²) in [6.45, 7) is 5.05. The van der Waals surface area contributed by atoms with Crippen LogP contribution in [-0.2, 0) is 16.0 Å². The maximum Gasteiger partial charge on any atom is 0.249 e. The Morgan fingerprint density at radius 1 is 1.11 bits per heavy atom. The van der Waals surface area contributed by atoms with Gasteiger partial charge in [-0.1, -0.05) is 41.9 Å². The van der Waals surface area contributed by atoms with E-state index in [1.807, 2.05) is 62.5 Å². The van der Waals surface area contributed by atoms with E-state index >= 15 is 0 Å². The van der Waals surface area contributed by atoms with Gasteiger partial charge in [0.25, 0.3) is 0 Å². The molecule has 2 amide bonds. The minimum atomic E-state index is -0.706. The molecule has 0 aliphatic carbocycles. The van der Waals surface area contributed by atoms with Crippen molar-refractivity contribution < 1.29 is 9.59 Å². The van der Waals surface area contributed by atoms with Crippen LogP contribution in [0.2, 0.25) is 5.02 Å². The number of benzene rings is 2. The molecule has 28 heavy (non-hydrogen) atoms. The lowest BCUT2D eigenvalue weighted by Crippen LogP contribution is -2.43. The lowest BCUT2D eigenvalue weighted by atomic mass is 10.0. The summed E-state index contributed by atoms with van der Waals surface area (Å²) in [5.41, 5.74) is 2.54. The third-order valence-electron chi connectivity index (χ3n) is 4.84. The van der Waals surface area contributed by atoms with E-state index in [0.717, 1.165) is 22.0 Å². The number of carbonyl (C=O) groups excluding carboxylic acids is 2. The molecule has 2 N–H and O–H groups in total. The number of H-pyrrole nitrogens is 1. The molecule has 2 aromatic carbocycles. The quantitative estimate of drug-likeness (QED) is 0.630. The summed E-state index contributed by atoms with van der Waals surface area (Å²) in [6, 6.07) is 14.2. The molecular formula is C22H24ClN3O2. The number of nitrogens with zero attached hydrogens (tertiary/aromatic N) is 1. The highest BCUT2D eigenvalue weighted by atomic mass is 35.5. The van der Waals surface area contributed by atoms with Gasteiger partial charge in [-0.15, -0.1) is 0 Å². The van der Waals surface area contributed by atoms with Crippen molar-refractivity contribution in [3.63, 3.8) is 0 Å². The molecule has 0 spiro atoms. The molecule has 1 atom stereocenters. The van der Waals surface area contributed by atoms with Crippen LogP contribution in [0.25, 0.3) is 10.9 Å². The van der Waals surface area contributed by atoms with Crippen LogP contribution in [0, 0.1) is 0 Å². The van der Waals surface area contributed by atoms with Gasteiger partial charge in [0.2, 0.25) is 11.8 Å². The molecular weight excluding hydrogens is 374 g/mol. The highest BCUT2D eigenvalue weighted by molar-refractivity contribution is 6.31. The first-order valence-corrected chi connectivity index (χ1v) is 9.79. The SMILES string of the molecule is CCN(CC)C(=O)C(NC(=O)Cc1c[nH]c2ccc(Cl)cc12)c1ccccc1. The topological polar surface area (TPSA) is 65.2 Å². The van der Waals surface area contributed by atoms with Crippen LogP contribution in [0.4, 0.5) is 0 Å². The fraction of sp³-hybridized carbons (Fsp3) is 0.273. The van der Waals surface area contributed by atoms with Crippen molar-refractivity contribution in [2.45, 2.75) is 26.3 Å². The van der Waals surface area contributed by atoms with Crippen LogP contribution in [0.3, 0.4) is 0 Å². The number of halogens is 1. The first-order valence-electron chi connectivity index (χ1n) is 9.42. The van der Waals surface area contributed by atoms with E-state index in [-0.39, 0.29) is 18.2 Å². The molecule has 0 radical (unpaired) electrons. The second-order valence-corrected chi connectivity index (χ2v) is 7.04. The molecule has 1 heterocycles. The van der Waals surface area contributed by atoms with Gasteiger partial charge in [-0.3, -0.25) is 9.59 Å². The largest absolute Gasteiger partial charge is 0.361 e. The maximum absolute atomic E-state index is 13.0. The third-order valence-corrected chi connectivity index (χ3v) is 5.08. The summed E-state index contributed by atoms with van der Waals surface area (Å²) in [5, 5.41) is 4.45. The molecule has 0 fully saturated rings. The number of rotatable bonds is 7. The molecule has 146 valence electrons. The van der Waals surface area contributed by atoms with Crippen molar-refractivity contribution in [1.29, 1.82) is 0 Å². The van der Waals surface area contributed by atoms with Crippen molar-refractivity contribution in [1.82, 2.24) is 15.2 Å². The smallest absolute Gasteiger partial charge is 0.249 e. The van der Waals surface area contributed by atoms with Gasteiger partial charge in [-0.25, -0.2) is 0 Å². The predicted molar refractivity (Wildman–Crippen MR) is 112 cm³/mol. The molecule has 0 aliphatic heterocycles. The van der Waals surface area contributed by atoms with Crippen molar-refractivity contribution in [3.8, 4) is 0 Å². The molecule has 5 nitrogen and oxygen atoms in total. The number of hydrogen-bond acceptors (Lipinski definition) is 2. The van der Waals surface area contributed by atoms with E-state index in [9.17, 15) is 9.59 Å². The number of aromatic nitrogens is 1. The van der Waals surface area contributed by atoms with Crippen LogP contribution in [0.5, 0.6) is 0 Å². The van der Waals surface area contributed by atoms with Crippen molar-refractivity contribution in [2.75, 3.05) is 13.1 Å². The second kappa shape index (κ2) is 8.93. The van der Waals surface area contributed by atoms with Gasteiger partial charge >= 0.3 is 0 Å². The van der Waals surface area contributed by atoms with Crippen molar-refractivity contribution in [2.24, 2.45) is 0 Å². The molecule has 3 rings (SSSR count). The number of hydrogen-bond donors (Lipinski definition) is 2. The summed E-state index contributed by atoms with van der Waals surface area (Å²) in [7, 11) is 0. The summed E-state index contributed by atoms with van der Waals surface area (Å²) < 4.78 is 0. The zero-order valence-corrected chi connectivity index (χ0v) is 16.8. The first kappa shape index (κ1) is 20.0. The fourth-order valence-corrected chi connectivity index (χ4v) is 3.50. The number of nitrogens with one attached hydrogen (secondary N) is 2. The molecule has 1 unspecified atom stereocenters. The van der Waals surface area contributed by atoms with Crippen LogP contribution < -0.4 is 5.32 Å². The van der Waals surface area contributed by atoms with Crippen LogP contribution in [-0.4, -0.2) is 34.8 Å². The maximum atomic E-state index is 13.0. The summed E-state index contributed by atoms with van der Waals surface area (Å²) >= 11 is 6.09. The molecule has 6 heteroatoms. The summed E-state index contributed by atoms with van der Waals surface area (Å²) in [6.07, 6.45) is 1.97. The van der Waals surface area contributed by atoms with E-state index in [2.05, 4.69) is 10.3 Å². The van der Waals surface area contributed by atoms with E-state index in [0.29, 0.717) is 18.1 Å². The molecule has 0 aliphatic rings. The standard InChI is InChI=1S/C22H24ClN3O2/c1-3-26(4-2)22(28)21(15-8-6-5-7-9-15)25-20(27)12-16-14-24-19-11-10-17(23)13-18(16)19/h5-11,13-14,21,24H,3-4,12H2,1-2H3,(H,25,27). The minimum absolute atomic E-state index is 0.105. The average molecular weight is 398 g/mol. The molecule has 1 aromatic heterocycles. The van der Waals surface area contributed by atoms with Gasteiger partial charge in [0.1, 0.15) is 6.04 Å². The van der Waals surface area contributed by atoms with Gasteiger partial charge in [0.15, 0.2) is 0 Å². The predicted octanol–water partition coefficient (Wildman–Crippen LogP) is 4.09. The Balaban J connectivity index is 1.82. The van der Waals surface area contributed by atoms with Crippen LogP contribution >= 0.6 is 11.6 Å². The van der Waals surface area contributed by atoms with Gasteiger partial charge < -0.3 is 15.2 Å². The zero-order valence-electron chi connectivity index (χ0n) is 16.0. The van der Waals surface area contributed by atoms with E-state index in [1.54, 1.807) is 11.0 Å². The Hall–Kier alpha value is -2.79. The van der Waals surface area contributed by atoms with Gasteiger partial charge in [0.05, 0.1) is 6.42 Å². The summed E-state index contributed by atoms with van der Waals surface area (Å²) in [4.78, 5) is 30.7. The minimum Gasteiger partial charge on any atom is -0.361 e. The summed E-state index contributed by atoms with van der Waals surface area (Å²) in [5.74, 6) is -0.318. The lowest BCUT2D eigenvalue weighted by molar-refractivity contribution is -0.136.